The number of allylic oxidation sites excluding steroid dienone is 5. The molecule has 0 saturated carbocycles. The molecule has 0 spiro atoms. The van der Waals surface area contributed by atoms with Gasteiger partial charge in [0.05, 0.1) is 16.8 Å². The maximum Gasteiger partial charge on any atom is 0.0714 e. The highest BCUT2D eigenvalue weighted by molar-refractivity contribution is 6.01. The zero-order valence-electron chi connectivity index (χ0n) is 36.9. The van der Waals surface area contributed by atoms with E-state index >= 15 is 0 Å². The van der Waals surface area contributed by atoms with Crippen LogP contribution in [0.3, 0.4) is 0 Å². The van der Waals surface area contributed by atoms with Crippen LogP contribution in [0.15, 0.2) is 273 Å². The second-order valence-corrected chi connectivity index (χ2v) is 16.8. The molecule has 0 N–H and O–H groups in total. The van der Waals surface area contributed by atoms with Gasteiger partial charge >= 0.3 is 0 Å². The molecule has 66 heavy (non-hydrogen) atoms. The van der Waals surface area contributed by atoms with Crippen molar-refractivity contribution < 1.29 is 0 Å². The predicted molar refractivity (Wildman–Crippen MR) is 281 cm³/mol. The largest absolute Gasteiger partial charge is 0.310 e. The summed E-state index contributed by atoms with van der Waals surface area (Å²) in [7, 11) is 0. The highest BCUT2D eigenvalue weighted by atomic mass is 15.1. The van der Waals surface area contributed by atoms with Crippen LogP contribution in [-0.2, 0) is 5.41 Å². The molecule has 11 rings (SSSR count). The van der Waals surface area contributed by atoms with Gasteiger partial charge in [-0.2, -0.15) is 0 Å². The topological polar surface area (TPSA) is 6.48 Å². The van der Waals surface area contributed by atoms with Gasteiger partial charge in [0.2, 0.25) is 0 Å². The number of hydrogen-bond acceptors (Lipinski definition) is 2. The lowest BCUT2D eigenvalue weighted by Gasteiger charge is -2.36. The van der Waals surface area contributed by atoms with Crippen LogP contribution in [-0.4, -0.2) is 0 Å². The predicted octanol–water partition coefficient (Wildman–Crippen LogP) is 17.5. The van der Waals surface area contributed by atoms with Gasteiger partial charge in [-0.3, -0.25) is 0 Å². The molecule has 0 aromatic heterocycles. The molecule has 0 amide bonds. The summed E-state index contributed by atoms with van der Waals surface area (Å²) in [6, 6.07) is 88.0. The molecule has 0 saturated heterocycles. The Morgan fingerprint density at radius 3 is 1.33 bits per heavy atom. The first-order chi connectivity index (χ1) is 32.7. The lowest BCUT2D eigenvalue weighted by atomic mass is 9.66. The molecular weight excluding hydrogens is 797 g/mol. The third kappa shape index (κ3) is 6.83. The monoisotopic (exact) mass is 844 g/mol. The van der Waals surface area contributed by atoms with E-state index in [0.717, 1.165) is 45.3 Å². The molecular formula is C64H48N2. The molecule has 10 aromatic carbocycles. The minimum atomic E-state index is -0.589. The average molecular weight is 845 g/mol. The number of benzene rings is 10. The Bertz CT molecular complexity index is 3370. The smallest absolute Gasteiger partial charge is 0.0714 e. The Kier molecular flexibility index (Phi) is 10.5. The van der Waals surface area contributed by atoms with Crippen LogP contribution >= 0.6 is 0 Å². The van der Waals surface area contributed by atoms with E-state index in [0.29, 0.717) is 0 Å². The van der Waals surface area contributed by atoms with Crippen LogP contribution < -0.4 is 9.80 Å². The summed E-state index contributed by atoms with van der Waals surface area (Å²) in [4.78, 5) is 4.78. The van der Waals surface area contributed by atoms with Crippen molar-refractivity contribution in [3.8, 4) is 11.1 Å². The van der Waals surface area contributed by atoms with E-state index < -0.39 is 5.41 Å². The molecule has 0 heterocycles. The maximum absolute atomic E-state index is 4.47. The quantitative estimate of drug-likeness (QED) is 0.128. The Morgan fingerprint density at radius 2 is 0.833 bits per heavy atom. The Labute approximate surface area is 388 Å². The maximum atomic E-state index is 4.47. The van der Waals surface area contributed by atoms with E-state index in [1.165, 1.54) is 54.9 Å². The zero-order valence-corrected chi connectivity index (χ0v) is 36.9. The van der Waals surface area contributed by atoms with Crippen LogP contribution in [0.5, 0.6) is 0 Å². The standard InChI is InChI=1S/C64H48N2/c1-3-20-58-59-44-43-55(45-61(59)64(60(58)4-2,50-25-8-5-9-26-50)51-27-10-6-11-28-51)66(63-34-19-24-49-22-15-17-32-57(49)63)54-41-37-47(38-42-54)46-35-39-53(40-36-46)65(52-29-12-7-13-30-52)62-33-18-23-48-21-14-16-31-56(48)62/h3-45H,2H2,1H3/b20-3-. The van der Waals surface area contributed by atoms with Crippen molar-refractivity contribution in [2.24, 2.45) is 0 Å². The Hall–Kier alpha value is -8.46. The van der Waals surface area contributed by atoms with Gasteiger partial charge in [0, 0.05) is 33.5 Å². The van der Waals surface area contributed by atoms with Crippen molar-refractivity contribution in [1.82, 2.24) is 0 Å². The van der Waals surface area contributed by atoms with E-state index in [4.69, 9.17) is 0 Å². The number of rotatable bonds is 11. The molecule has 2 nitrogen and oxygen atoms in total. The third-order valence-electron chi connectivity index (χ3n) is 13.2. The fourth-order valence-corrected chi connectivity index (χ4v) is 10.3. The van der Waals surface area contributed by atoms with Crippen molar-refractivity contribution in [3.63, 3.8) is 0 Å². The van der Waals surface area contributed by atoms with E-state index in [1.807, 2.05) is 0 Å². The highest BCUT2D eigenvalue weighted by Crippen LogP contribution is 2.56. The molecule has 0 fully saturated rings. The van der Waals surface area contributed by atoms with Gasteiger partial charge in [-0.05, 0) is 123 Å². The summed E-state index contributed by atoms with van der Waals surface area (Å²) < 4.78 is 0. The minimum Gasteiger partial charge on any atom is -0.310 e. The van der Waals surface area contributed by atoms with E-state index in [2.05, 4.69) is 284 Å². The first-order valence-electron chi connectivity index (χ1n) is 22.7. The lowest BCUT2D eigenvalue weighted by molar-refractivity contribution is 0.762. The van der Waals surface area contributed by atoms with Gasteiger partial charge in [-0.25, -0.2) is 0 Å². The van der Waals surface area contributed by atoms with Gasteiger partial charge in [-0.1, -0.05) is 207 Å². The second-order valence-electron chi connectivity index (χ2n) is 16.8. The number of fused-ring (bicyclic) bond motifs is 3. The van der Waals surface area contributed by atoms with E-state index in [-0.39, 0.29) is 0 Å². The zero-order chi connectivity index (χ0) is 44.5. The number of para-hydroxylation sites is 1. The van der Waals surface area contributed by atoms with Crippen LogP contribution in [0, 0.1) is 0 Å². The van der Waals surface area contributed by atoms with Gasteiger partial charge in [0.1, 0.15) is 0 Å². The number of nitrogens with zero attached hydrogens (tertiary/aromatic N) is 2. The second kappa shape index (κ2) is 17.3. The van der Waals surface area contributed by atoms with Crippen molar-refractivity contribution in [2.75, 3.05) is 9.80 Å². The molecule has 0 unspecified atom stereocenters. The van der Waals surface area contributed by atoms with Crippen molar-refractivity contribution in [3.05, 3.63) is 295 Å². The molecule has 0 aliphatic heterocycles. The first kappa shape index (κ1) is 40.3. The summed E-state index contributed by atoms with van der Waals surface area (Å²) in [5.74, 6) is 0. The molecule has 314 valence electrons. The van der Waals surface area contributed by atoms with Gasteiger partial charge in [0.25, 0.3) is 0 Å². The van der Waals surface area contributed by atoms with E-state index in [1.54, 1.807) is 0 Å². The summed E-state index contributed by atoms with van der Waals surface area (Å²) in [6.07, 6.45) is 6.47. The summed E-state index contributed by atoms with van der Waals surface area (Å²) in [5, 5.41) is 4.81. The Morgan fingerprint density at radius 1 is 0.409 bits per heavy atom. The van der Waals surface area contributed by atoms with Crippen molar-refractivity contribution in [1.29, 1.82) is 0 Å². The van der Waals surface area contributed by atoms with Crippen LogP contribution in [0.25, 0.3) is 38.2 Å². The molecule has 0 radical (unpaired) electrons. The SMILES string of the molecule is C=CC1=C(/C=C\C)c2ccc(N(c3ccc(-c4ccc(N(c5ccccc5)c5cccc6ccccc56)cc4)cc3)c3cccc4ccccc34)cc2C1(c1ccccc1)c1ccccc1. The minimum absolute atomic E-state index is 0.589. The third-order valence-corrected chi connectivity index (χ3v) is 13.2. The molecule has 10 aromatic rings. The van der Waals surface area contributed by atoms with Crippen molar-refractivity contribution in [2.45, 2.75) is 12.3 Å². The normalized spacial score (nSPS) is 13.0. The molecule has 0 atom stereocenters. The molecule has 2 heteroatoms. The molecule has 0 bridgehead atoms. The summed E-state index contributed by atoms with van der Waals surface area (Å²) in [6.45, 7) is 6.57. The molecule has 1 aliphatic carbocycles. The van der Waals surface area contributed by atoms with Gasteiger partial charge < -0.3 is 9.80 Å². The Balaban J connectivity index is 1.04. The van der Waals surface area contributed by atoms with Crippen LogP contribution in [0.1, 0.15) is 29.2 Å². The van der Waals surface area contributed by atoms with E-state index in [9.17, 15) is 0 Å². The van der Waals surface area contributed by atoms with Gasteiger partial charge in [0.15, 0.2) is 0 Å². The van der Waals surface area contributed by atoms with Crippen LogP contribution in [0.2, 0.25) is 0 Å². The summed E-state index contributed by atoms with van der Waals surface area (Å²) >= 11 is 0. The fourth-order valence-electron chi connectivity index (χ4n) is 10.3. The number of anilines is 6. The highest BCUT2D eigenvalue weighted by Gasteiger charge is 2.46. The first-order valence-corrected chi connectivity index (χ1v) is 22.7. The van der Waals surface area contributed by atoms with Gasteiger partial charge in [-0.15, -0.1) is 0 Å². The fraction of sp³-hybridized carbons (Fsp3) is 0.0312. The lowest BCUT2D eigenvalue weighted by Crippen LogP contribution is -2.29. The number of hydrogen-bond donors (Lipinski definition) is 0. The van der Waals surface area contributed by atoms with Crippen LogP contribution in [0.4, 0.5) is 34.1 Å². The molecule has 1 aliphatic rings. The summed E-state index contributed by atoms with van der Waals surface area (Å²) in [5.41, 5.74) is 15.6. The van der Waals surface area contributed by atoms with Crippen molar-refractivity contribution >= 4 is 61.2 Å². The average Bonchev–Trinajstić information content (AvgIpc) is 3.67.